The Labute approximate surface area is 220 Å². The number of hydrogen-bond acceptors (Lipinski definition) is 9. The van der Waals surface area contributed by atoms with E-state index in [0.29, 0.717) is 12.8 Å². The number of rotatable bonds is 23. The summed E-state index contributed by atoms with van der Waals surface area (Å²) >= 11 is 0. The molecular weight excluding hydrogens is 501 g/mol. The second-order valence-corrected chi connectivity index (χ2v) is 9.78. The van der Waals surface area contributed by atoms with Gasteiger partial charge in [-0.1, -0.05) is 68.4 Å². The van der Waals surface area contributed by atoms with Gasteiger partial charge >= 0.3 is 5.97 Å². The number of esters is 1. The molecule has 10 nitrogen and oxygen atoms in total. The van der Waals surface area contributed by atoms with Crippen molar-refractivity contribution in [2.75, 3.05) is 19.8 Å². The second kappa shape index (κ2) is 23.1. The number of quaternary nitrogens is 1. The molecule has 0 saturated heterocycles. The summed E-state index contributed by atoms with van der Waals surface area (Å²) in [6.45, 7) is 0.302. The van der Waals surface area contributed by atoms with Crippen molar-refractivity contribution in [2.24, 2.45) is 0 Å². The summed E-state index contributed by atoms with van der Waals surface area (Å²) in [4.78, 5) is 33.7. The van der Waals surface area contributed by atoms with Gasteiger partial charge in [-0.25, -0.2) is 0 Å². The first-order chi connectivity index (χ1) is 17.7. The average molecular weight is 545 g/mol. The first-order valence-corrected chi connectivity index (χ1v) is 14.2. The number of aliphatic hydroxyl groups is 1. The molecule has 0 aliphatic rings. The fourth-order valence-electron chi connectivity index (χ4n) is 2.70. The number of phosphoric acid groups is 1. The minimum Gasteiger partial charge on any atom is -0.756 e. The Balaban J connectivity index is 3.78. The molecule has 0 amide bonds. The second-order valence-electron chi connectivity index (χ2n) is 8.37. The van der Waals surface area contributed by atoms with Crippen LogP contribution in [0.1, 0.15) is 71.1 Å². The van der Waals surface area contributed by atoms with E-state index in [-0.39, 0.29) is 6.42 Å². The Kier molecular flexibility index (Phi) is 21.8. The van der Waals surface area contributed by atoms with E-state index in [0.717, 1.165) is 25.7 Å². The smallest absolute Gasteiger partial charge is 0.305 e. The van der Waals surface area contributed by atoms with E-state index >= 15 is 0 Å². The van der Waals surface area contributed by atoms with E-state index in [1.165, 1.54) is 19.3 Å². The molecule has 0 aromatic carbocycles. The van der Waals surface area contributed by atoms with Crippen LogP contribution in [0, 0.1) is 0 Å². The summed E-state index contributed by atoms with van der Waals surface area (Å²) in [6, 6.07) is -1.40. The van der Waals surface area contributed by atoms with Crippen molar-refractivity contribution in [3.8, 4) is 0 Å². The van der Waals surface area contributed by atoms with Gasteiger partial charge in [-0.15, -0.1) is 0 Å². The van der Waals surface area contributed by atoms with E-state index in [1.807, 2.05) is 12.2 Å². The number of carboxylic acid groups (broad SMARTS) is 1. The largest absolute Gasteiger partial charge is 0.756 e. The fraction of sp³-hybridized carbons (Fsp3) is 0.615. The van der Waals surface area contributed by atoms with Crippen molar-refractivity contribution in [3.63, 3.8) is 0 Å². The molecule has 0 rings (SSSR count). The van der Waals surface area contributed by atoms with Crippen molar-refractivity contribution < 1.29 is 48.8 Å². The van der Waals surface area contributed by atoms with Gasteiger partial charge in [-0.2, -0.15) is 0 Å². The van der Waals surface area contributed by atoms with E-state index in [4.69, 9.17) is 4.74 Å². The van der Waals surface area contributed by atoms with Gasteiger partial charge in [-0.05, 0) is 44.9 Å². The number of carboxylic acids is 1. The summed E-state index contributed by atoms with van der Waals surface area (Å²) in [5.41, 5.74) is 3.14. The first-order valence-electron chi connectivity index (χ1n) is 12.8. The number of unbranched alkanes of at least 4 members (excludes halogenated alkanes) is 4. The van der Waals surface area contributed by atoms with Crippen LogP contribution in [0.5, 0.6) is 0 Å². The van der Waals surface area contributed by atoms with E-state index in [2.05, 4.69) is 58.2 Å². The molecule has 0 fully saturated rings. The lowest BCUT2D eigenvalue weighted by Crippen LogP contribution is -2.70. The molecule has 0 spiro atoms. The first kappa shape index (κ1) is 34.9. The van der Waals surface area contributed by atoms with Crippen molar-refractivity contribution in [3.05, 3.63) is 48.6 Å². The third kappa shape index (κ3) is 24.0. The predicted octanol–water partition coefficient (Wildman–Crippen LogP) is 1.90. The minimum absolute atomic E-state index is 0.156. The van der Waals surface area contributed by atoms with E-state index in [1.54, 1.807) is 0 Å². The zero-order valence-electron chi connectivity index (χ0n) is 21.8. The summed E-state index contributed by atoms with van der Waals surface area (Å²) in [5, 5.41) is 20.2. The predicted molar refractivity (Wildman–Crippen MR) is 137 cm³/mol. The number of carbonyl (C=O) groups is 2. The van der Waals surface area contributed by atoms with Crippen LogP contribution in [0.25, 0.3) is 0 Å². The van der Waals surface area contributed by atoms with Gasteiger partial charge in [0.1, 0.15) is 31.3 Å². The number of aliphatic carboxylic acids is 1. The molecule has 0 aliphatic heterocycles. The van der Waals surface area contributed by atoms with Gasteiger partial charge in [-0.3, -0.25) is 9.36 Å². The third-order valence-electron chi connectivity index (χ3n) is 4.84. The maximum absolute atomic E-state index is 11.7. The standard InChI is InChI=1S/C26H44NO9P/c1-2-3-4-5-6-7-8-9-10-11-12-13-14-15-16-17-18-19-25(29)34-20-23(28)21-35-37(32,33)36-22-24(27)26(30)31/h6-7,9-10,12-13,15-16,23-24,28H,2-5,8,11,14,17-22,27H2,1H3,(H,30,31)(H,32,33)/p-1/b7-6-,10-9-,13-12-,16-15-/t23-,24+/m1/s1. The highest BCUT2D eigenvalue weighted by molar-refractivity contribution is 7.45. The SMILES string of the molecule is CCCCC/C=C\C/C=C\C/C=C\C/C=C\CCCC(=O)OC[C@@H](O)COP(=O)([O-])OC[C@H]([NH3+])C(=O)[O-]. The zero-order valence-corrected chi connectivity index (χ0v) is 22.7. The molecule has 0 radical (unpaired) electrons. The molecule has 0 aromatic rings. The van der Waals surface area contributed by atoms with Crippen molar-refractivity contribution in [2.45, 2.75) is 83.3 Å². The van der Waals surface area contributed by atoms with Crippen molar-refractivity contribution >= 4 is 19.8 Å². The van der Waals surface area contributed by atoms with Crippen LogP contribution in [-0.2, 0) is 27.9 Å². The number of carbonyl (C=O) groups excluding carboxylic acids is 2. The highest BCUT2D eigenvalue weighted by Crippen LogP contribution is 2.38. The van der Waals surface area contributed by atoms with Crippen LogP contribution in [0.3, 0.4) is 0 Å². The van der Waals surface area contributed by atoms with Gasteiger partial charge in [0, 0.05) is 6.42 Å². The topological polar surface area (TPSA) is 173 Å². The van der Waals surface area contributed by atoms with E-state index < -0.39 is 51.7 Å². The van der Waals surface area contributed by atoms with Crippen LogP contribution in [0.4, 0.5) is 0 Å². The van der Waals surface area contributed by atoms with Crippen LogP contribution in [-0.4, -0.2) is 49.0 Å². The monoisotopic (exact) mass is 544 g/mol. The molecule has 1 unspecified atom stereocenters. The molecule has 0 saturated carbocycles. The van der Waals surface area contributed by atoms with Crippen LogP contribution >= 0.6 is 7.82 Å². The average Bonchev–Trinajstić information content (AvgIpc) is 2.86. The van der Waals surface area contributed by atoms with E-state index in [9.17, 15) is 29.3 Å². The van der Waals surface area contributed by atoms with Gasteiger partial charge in [0.2, 0.25) is 0 Å². The number of aliphatic hydroxyl groups excluding tert-OH is 1. The molecule has 0 aliphatic carbocycles. The molecule has 0 bridgehead atoms. The molecule has 0 heterocycles. The fourth-order valence-corrected chi connectivity index (χ4v) is 3.49. The molecule has 212 valence electrons. The van der Waals surface area contributed by atoms with Crippen LogP contribution in [0.15, 0.2) is 48.6 Å². The van der Waals surface area contributed by atoms with Crippen LogP contribution in [0.2, 0.25) is 0 Å². The van der Waals surface area contributed by atoms with Crippen LogP contribution < -0.4 is 15.7 Å². The lowest BCUT2D eigenvalue weighted by atomic mass is 10.2. The molecule has 0 aromatic heterocycles. The Morgan fingerprint density at radius 2 is 1.38 bits per heavy atom. The Morgan fingerprint density at radius 3 is 1.92 bits per heavy atom. The molecular formula is C26H43NO9P-. The number of ether oxygens (including phenoxy) is 1. The molecule has 11 heteroatoms. The highest BCUT2D eigenvalue weighted by Gasteiger charge is 2.17. The maximum Gasteiger partial charge on any atom is 0.305 e. The number of allylic oxidation sites excluding steroid dienone is 8. The Hall–Kier alpha value is -2.07. The quantitative estimate of drug-likeness (QED) is 0.0843. The van der Waals surface area contributed by atoms with Gasteiger partial charge < -0.3 is 39.4 Å². The third-order valence-corrected chi connectivity index (χ3v) is 5.77. The Bertz CT molecular complexity index is 780. The maximum atomic E-state index is 11.7. The summed E-state index contributed by atoms with van der Waals surface area (Å²) < 4.78 is 25.1. The normalized spacial score (nSPS) is 15.6. The number of hydrogen-bond donors (Lipinski definition) is 2. The lowest BCUT2D eigenvalue weighted by molar-refractivity contribution is -0.441. The van der Waals surface area contributed by atoms with Gasteiger partial charge in [0.05, 0.1) is 6.61 Å². The highest BCUT2D eigenvalue weighted by atomic mass is 31.2. The molecule has 3 atom stereocenters. The lowest BCUT2D eigenvalue weighted by Gasteiger charge is -2.24. The van der Waals surface area contributed by atoms with Crippen molar-refractivity contribution in [1.82, 2.24) is 0 Å². The molecule has 37 heavy (non-hydrogen) atoms. The summed E-state index contributed by atoms with van der Waals surface area (Å²) in [5.74, 6) is -2.10. The van der Waals surface area contributed by atoms with Gasteiger partial charge in [0.15, 0.2) is 0 Å². The van der Waals surface area contributed by atoms with Crippen molar-refractivity contribution in [1.29, 1.82) is 0 Å². The Morgan fingerprint density at radius 1 is 0.865 bits per heavy atom. The minimum atomic E-state index is -4.84. The van der Waals surface area contributed by atoms with Gasteiger partial charge in [0.25, 0.3) is 7.82 Å². The molecule has 4 N–H and O–H groups in total. The summed E-state index contributed by atoms with van der Waals surface area (Å²) in [6.07, 6.45) is 24.7. The zero-order chi connectivity index (χ0) is 27.8. The summed E-state index contributed by atoms with van der Waals surface area (Å²) in [7, 11) is -4.84. The number of phosphoric ester groups is 1.